The quantitative estimate of drug-likeness (QED) is 0.413. The number of hydrogen-bond acceptors (Lipinski definition) is 5. The fourth-order valence-electron chi connectivity index (χ4n) is 4.22. The Morgan fingerprint density at radius 2 is 1.87 bits per heavy atom. The predicted octanol–water partition coefficient (Wildman–Crippen LogP) is 5.58. The van der Waals surface area contributed by atoms with Crippen LogP contribution in [0.1, 0.15) is 41.3 Å². The number of ether oxygens (including phenoxy) is 1. The summed E-state index contributed by atoms with van der Waals surface area (Å²) < 4.78 is 10.5. The molecule has 0 saturated carbocycles. The van der Waals surface area contributed by atoms with Crippen LogP contribution in [-0.2, 0) is 9.53 Å². The summed E-state index contributed by atoms with van der Waals surface area (Å²) in [6, 6.07) is 13.5. The highest BCUT2D eigenvalue weighted by molar-refractivity contribution is 6.38. The first-order chi connectivity index (χ1) is 15.0. The first-order valence-electron chi connectivity index (χ1n) is 10.2. The number of nitrogens with zero attached hydrogens (tertiary/aromatic N) is 1. The Labute approximate surface area is 184 Å². The lowest BCUT2D eigenvalue weighted by Crippen LogP contribution is -2.13. The highest BCUT2D eigenvalue weighted by atomic mass is 35.5. The average Bonchev–Trinajstić information content (AvgIpc) is 3.35. The third-order valence-corrected chi connectivity index (χ3v) is 6.19. The molecule has 6 nitrogen and oxygen atoms in total. The van der Waals surface area contributed by atoms with Crippen LogP contribution in [0.3, 0.4) is 0 Å². The van der Waals surface area contributed by atoms with E-state index >= 15 is 0 Å². The van der Waals surface area contributed by atoms with Gasteiger partial charge in [-0.2, -0.15) is 0 Å². The summed E-state index contributed by atoms with van der Waals surface area (Å²) in [5, 5.41) is 17.8. The van der Waals surface area contributed by atoms with E-state index < -0.39 is 5.91 Å². The molecular formula is C24H21ClN2O4. The van der Waals surface area contributed by atoms with Gasteiger partial charge < -0.3 is 19.7 Å². The number of rotatable bonds is 3. The standard InChI is InChI=1S/C24H21ClN2O4/c1-13-10-21(27-31-13)23(28)22-18-11-17(19(25)12-20(18)26-24(22)29)16-4-2-14(3-5-16)15-6-8-30-9-7-15/h2-5,10-12,15,28H,6-9H2,1H3,(H,26,29). The summed E-state index contributed by atoms with van der Waals surface area (Å²) in [7, 11) is 0. The highest BCUT2D eigenvalue weighted by Gasteiger charge is 2.30. The summed E-state index contributed by atoms with van der Waals surface area (Å²) >= 11 is 6.55. The number of aromatic nitrogens is 1. The molecule has 7 heteroatoms. The molecular weight excluding hydrogens is 416 g/mol. The van der Waals surface area contributed by atoms with Gasteiger partial charge in [0.2, 0.25) is 0 Å². The molecule has 0 unspecified atom stereocenters. The zero-order valence-corrected chi connectivity index (χ0v) is 17.7. The summed E-state index contributed by atoms with van der Waals surface area (Å²) in [5.74, 6) is 0.423. The second-order valence-corrected chi connectivity index (χ2v) is 8.29. The van der Waals surface area contributed by atoms with E-state index in [0.717, 1.165) is 37.2 Å². The number of carbonyl (C=O) groups excluding carboxylic acids is 1. The molecule has 1 aromatic heterocycles. The van der Waals surface area contributed by atoms with E-state index in [2.05, 4.69) is 22.6 Å². The molecule has 2 aromatic carbocycles. The molecule has 3 heterocycles. The largest absolute Gasteiger partial charge is 0.505 e. The molecule has 1 amide bonds. The Morgan fingerprint density at radius 1 is 1.13 bits per heavy atom. The molecule has 2 aliphatic rings. The summed E-state index contributed by atoms with van der Waals surface area (Å²) in [6.45, 7) is 3.32. The lowest BCUT2D eigenvalue weighted by Gasteiger charge is -2.22. The number of benzene rings is 2. The maximum absolute atomic E-state index is 12.6. The Kier molecular flexibility index (Phi) is 5.04. The molecule has 2 N–H and O–H groups in total. The summed E-state index contributed by atoms with van der Waals surface area (Å²) in [4.78, 5) is 12.6. The van der Waals surface area contributed by atoms with Crippen LogP contribution >= 0.6 is 11.6 Å². The van der Waals surface area contributed by atoms with Gasteiger partial charge in [-0.3, -0.25) is 4.79 Å². The van der Waals surface area contributed by atoms with E-state index in [-0.39, 0.29) is 17.0 Å². The van der Waals surface area contributed by atoms with Crippen LogP contribution in [0.2, 0.25) is 5.02 Å². The number of fused-ring (bicyclic) bond motifs is 1. The van der Waals surface area contributed by atoms with E-state index in [0.29, 0.717) is 28.0 Å². The van der Waals surface area contributed by atoms with Crippen molar-refractivity contribution in [3.63, 3.8) is 0 Å². The fourth-order valence-corrected chi connectivity index (χ4v) is 4.49. The summed E-state index contributed by atoms with van der Waals surface area (Å²) in [6.07, 6.45) is 2.06. The van der Waals surface area contributed by atoms with Crippen molar-refractivity contribution in [2.75, 3.05) is 18.5 Å². The Bertz CT molecular complexity index is 1190. The van der Waals surface area contributed by atoms with Gasteiger partial charge in [-0.15, -0.1) is 0 Å². The van der Waals surface area contributed by atoms with Crippen LogP contribution < -0.4 is 5.32 Å². The van der Waals surface area contributed by atoms with Crippen molar-refractivity contribution >= 4 is 34.5 Å². The van der Waals surface area contributed by atoms with E-state index in [9.17, 15) is 9.90 Å². The van der Waals surface area contributed by atoms with E-state index in [1.807, 2.05) is 18.2 Å². The van der Waals surface area contributed by atoms with Crippen molar-refractivity contribution in [1.82, 2.24) is 5.16 Å². The minimum Gasteiger partial charge on any atom is -0.505 e. The van der Waals surface area contributed by atoms with Crippen molar-refractivity contribution in [1.29, 1.82) is 0 Å². The topological polar surface area (TPSA) is 84.6 Å². The van der Waals surface area contributed by atoms with Gasteiger partial charge in [-0.1, -0.05) is 41.0 Å². The van der Waals surface area contributed by atoms with Crippen LogP contribution in [0.15, 0.2) is 47.0 Å². The van der Waals surface area contributed by atoms with Crippen LogP contribution in [0.4, 0.5) is 5.69 Å². The molecule has 2 aliphatic heterocycles. The lowest BCUT2D eigenvalue weighted by molar-refractivity contribution is -0.110. The third kappa shape index (κ3) is 3.62. The number of carbonyl (C=O) groups is 1. The van der Waals surface area contributed by atoms with E-state index in [1.165, 1.54) is 5.56 Å². The number of aryl methyl sites for hydroxylation is 1. The fraction of sp³-hybridized carbons (Fsp3) is 0.250. The minimum atomic E-state index is -0.406. The Morgan fingerprint density at radius 3 is 2.55 bits per heavy atom. The molecule has 0 atom stereocenters. The average molecular weight is 437 g/mol. The van der Waals surface area contributed by atoms with Crippen molar-refractivity contribution in [2.45, 2.75) is 25.7 Å². The Hall–Kier alpha value is -3.09. The number of nitrogens with one attached hydrogen (secondary N) is 1. The number of anilines is 1. The van der Waals surface area contributed by atoms with Gasteiger partial charge in [-0.05, 0) is 48.9 Å². The predicted molar refractivity (Wildman–Crippen MR) is 119 cm³/mol. The van der Waals surface area contributed by atoms with Crippen molar-refractivity contribution in [3.8, 4) is 11.1 Å². The molecule has 1 fully saturated rings. The lowest BCUT2D eigenvalue weighted by atomic mass is 9.90. The molecule has 5 rings (SSSR count). The first-order valence-corrected chi connectivity index (χ1v) is 10.6. The number of amides is 1. The zero-order valence-electron chi connectivity index (χ0n) is 16.9. The number of aliphatic hydroxyl groups excluding tert-OH is 1. The molecule has 0 spiro atoms. The van der Waals surface area contributed by atoms with Gasteiger partial charge in [-0.25, -0.2) is 0 Å². The highest BCUT2D eigenvalue weighted by Crippen LogP contribution is 2.42. The smallest absolute Gasteiger partial charge is 0.260 e. The number of aliphatic hydroxyl groups is 1. The van der Waals surface area contributed by atoms with Gasteiger partial charge in [0, 0.05) is 30.4 Å². The summed E-state index contributed by atoms with van der Waals surface area (Å²) in [5.41, 5.74) is 4.53. The normalized spacial score (nSPS) is 18.1. The molecule has 0 aliphatic carbocycles. The molecule has 1 saturated heterocycles. The minimum absolute atomic E-state index is 0.153. The van der Waals surface area contributed by atoms with Gasteiger partial charge in [0.05, 0.1) is 16.3 Å². The van der Waals surface area contributed by atoms with Gasteiger partial charge in [0.1, 0.15) is 11.5 Å². The monoisotopic (exact) mass is 436 g/mol. The SMILES string of the molecule is Cc1cc(C(O)=C2C(=O)Nc3cc(Cl)c(-c4ccc(C5CCOCC5)cc4)cc32)no1. The number of hydrogen-bond donors (Lipinski definition) is 2. The van der Waals surface area contributed by atoms with E-state index in [1.54, 1.807) is 19.1 Å². The van der Waals surface area contributed by atoms with Gasteiger partial charge in [0.15, 0.2) is 5.76 Å². The van der Waals surface area contributed by atoms with Crippen LogP contribution in [0, 0.1) is 6.92 Å². The van der Waals surface area contributed by atoms with Crippen molar-refractivity contribution in [2.24, 2.45) is 0 Å². The Balaban J connectivity index is 1.54. The molecule has 0 radical (unpaired) electrons. The second-order valence-electron chi connectivity index (χ2n) is 7.89. The molecule has 0 bridgehead atoms. The van der Waals surface area contributed by atoms with Gasteiger partial charge >= 0.3 is 0 Å². The first kappa shape index (κ1) is 19.8. The molecule has 3 aromatic rings. The molecule has 158 valence electrons. The van der Waals surface area contributed by atoms with Crippen molar-refractivity contribution in [3.05, 3.63) is 70.1 Å². The van der Waals surface area contributed by atoms with Crippen LogP contribution in [-0.4, -0.2) is 29.4 Å². The van der Waals surface area contributed by atoms with Crippen LogP contribution in [0.5, 0.6) is 0 Å². The maximum atomic E-state index is 12.6. The van der Waals surface area contributed by atoms with E-state index in [4.69, 9.17) is 20.9 Å². The van der Waals surface area contributed by atoms with Gasteiger partial charge in [0.25, 0.3) is 5.91 Å². The molecule has 31 heavy (non-hydrogen) atoms. The maximum Gasteiger partial charge on any atom is 0.260 e. The second kappa shape index (κ2) is 7.87. The van der Waals surface area contributed by atoms with Crippen LogP contribution in [0.25, 0.3) is 22.5 Å². The van der Waals surface area contributed by atoms with Crippen molar-refractivity contribution < 1.29 is 19.2 Å². The number of halogens is 1. The zero-order chi connectivity index (χ0) is 21.5. The third-order valence-electron chi connectivity index (χ3n) is 5.87.